The van der Waals surface area contributed by atoms with Gasteiger partial charge in [-0.25, -0.2) is 4.98 Å². The zero-order valence-electron chi connectivity index (χ0n) is 9.63. The summed E-state index contributed by atoms with van der Waals surface area (Å²) in [4.78, 5) is 29.1. The van der Waals surface area contributed by atoms with Crippen LogP contribution >= 0.6 is 11.6 Å². The molecule has 1 aromatic heterocycles. The van der Waals surface area contributed by atoms with Gasteiger partial charge in [-0.1, -0.05) is 12.1 Å². The second-order valence-corrected chi connectivity index (χ2v) is 4.25. The lowest BCUT2D eigenvalue weighted by atomic mass is 10.1. The summed E-state index contributed by atoms with van der Waals surface area (Å²) in [5.41, 5.74) is 1.25. The third-order valence-corrected chi connectivity index (χ3v) is 2.99. The molecule has 3 rings (SSSR count). The normalized spacial score (nSPS) is 13.1. The van der Waals surface area contributed by atoms with E-state index < -0.39 is 5.37 Å². The van der Waals surface area contributed by atoms with Crippen LogP contribution < -0.4 is 10.2 Å². The quantitative estimate of drug-likeness (QED) is 0.592. The fraction of sp³-hybridized carbons (Fsp3) is 0. The number of nitrogens with one attached hydrogen (secondary N) is 1. The van der Waals surface area contributed by atoms with E-state index in [0.717, 1.165) is 0 Å². The van der Waals surface area contributed by atoms with Crippen LogP contribution in [-0.2, 0) is 0 Å². The van der Waals surface area contributed by atoms with Gasteiger partial charge in [-0.05, 0) is 35.9 Å². The first kappa shape index (κ1) is 11.7. The van der Waals surface area contributed by atoms with Crippen molar-refractivity contribution in [3.05, 3.63) is 48.2 Å². The number of halogens is 1. The van der Waals surface area contributed by atoms with E-state index in [0.29, 0.717) is 22.8 Å². The number of aromatic nitrogens is 1. The third-order valence-electron chi connectivity index (χ3n) is 2.82. The molecule has 0 atom stereocenters. The van der Waals surface area contributed by atoms with Crippen LogP contribution in [0.3, 0.4) is 0 Å². The number of hydrogen-bond acceptors (Lipinski definition) is 3. The van der Waals surface area contributed by atoms with Gasteiger partial charge in [-0.3, -0.25) is 14.5 Å². The van der Waals surface area contributed by atoms with Crippen LogP contribution in [0.4, 0.5) is 22.0 Å². The highest BCUT2D eigenvalue weighted by Gasteiger charge is 2.28. The van der Waals surface area contributed by atoms with Gasteiger partial charge in [0.15, 0.2) is 5.82 Å². The molecule has 19 heavy (non-hydrogen) atoms. The zero-order chi connectivity index (χ0) is 13.4. The van der Waals surface area contributed by atoms with E-state index in [4.69, 9.17) is 11.6 Å². The molecular weight excluding hydrogens is 266 g/mol. The first-order valence-electron chi connectivity index (χ1n) is 5.53. The number of carbonyl (C=O) groups is 2. The molecule has 2 heterocycles. The predicted molar refractivity (Wildman–Crippen MR) is 72.0 cm³/mol. The summed E-state index contributed by atoms with van der Waals surface area (Å²) in [7, 11) is 0. The minimum absolute atomic E-state index is 0.303. The Hall–Kier alpha value is -2.40. The summed E-state index contributed by atoms with van der Waals surface area (Å²) in [6.07, 6.45) is 1.53. The van der Waals surface area contributed by atoms with Gasteiger partial charge in [0.05, 0.1) is 16.9 Å². The number of hydrogen-bond donors (Lipinski definition) is 1. The van der Waals surface area contributed by atoms with E-state index in [9.17, 15) is 9.59 Å². The van der Waals surface area contributed by atoms with Crippen molar-refractivity contribution < 1.29 is 9.59 Å². The Bertz CT molecular complexity index is 687. The Labute approximate surface area is 113 Å². The summed E-state index contributed by atoms with van der Waals surface area (Å²) in [6, 6.07) is 10.1. The maximum absolute atomic E-state index is 12.1. The highest BCUT2D eigenvalue weighted by Crippen LogP contribution is 2.37. The second kappa shape index (κ2) is 4.37. The first-order valence-corrected chi connectivity index (χ1v) is 5.91. The molecule has 1 aliphatic heterocycles. The summed E-state index contributed by atoms with van der Waals surface area (Å²) < 4.78 is 0. The lowest BCUT2D eigenvalue weighted by molar-refractivity contribution is 0.102. The van der Waals surface area contributed by atoms with Crippen LogP contribution in [0, 0.1) is 0 Å². The Morgan fingerprint density at radius 3 is 2.68 bits per heavy atom. The number of fused-ring (bicyclic) bond motifs is 2. The van der Waals surface area contributed by atoms with Crippen molar-refractivity contribution in [1.29, 1.82) is 0 Å². The number of carbonyl (C=O) groups excluding carboxylic acids is 2. The van der Waals surface area contributed by atoms with Gasteiger partial charge < -0.3 is 5.32 Å². The van der Waals surface area contributed by atoms with Gasteiger partial charge in [0.2, 0.25) is 0 Å². The number of pyridine rings is 1. The van der Waals surface area contributed by atoms with E-state index in [1.807, 2.05) is 0 Å². The van der Waals surface area contributed by atoms with Crippen LogP contribution in [0.2, 0.25) is 0 Å². The predicted octanol–water partition coefficient (Wildman–Crippen LogP) is 3.14. The monoisotopic (exact) mass is 273 g/mol. The van der Waals surface area contributed by atoms with Crippen LogP contribution in [-0.4, -0.2) is 16.3 Å². The maximum Gasteiger partial charge on any atom is 0.325 e. The van der Waals surface area contributed by atoms with Crippen LogP contribution in [0.25, 0.3) is 0 Å². The number of rotatable bonds is 0. The van der Waals surface area contributed by atoms with Crippen molar-refractivity contribution in [2.24, 2.45) is 0 Å². The van der Waals surface area contributed by atoms with Crippen molar-refractivity contribution in [3.63, 3.8) is 0 Å². The van der Waals surface area contributed by atoms with Gasteiger partial charge in [0.25, 0.3) is 5.91 Å². The summed E-state index contributed by atoms with van der Waals surface area (Å²) >= 11 is 5.65. The standard InChI is InChI=1S/C13H8ClN3O2/c14-13(19)17-9-5-2-1-4-8(9)12(18)16-11-10(17)6-3-7-15-11/h1-7H,(H,15,16,18). The Kier molecular flexibility index (Phi) is 2.68. The molecule has 1 aromatic carbocycles. The molecule has 0 spiro atoms. The Balaban J connectivity index is 2.32. The molecule has 1 aliphatic rings. The van der Waals surface area contributed by atoms with Gasteiger partial charge in [0.1, 0.15) is 0 Å². The molecule has 0 unspecified atom stereocenters. The van der Waals surface area contributed by atoms with Crippen LogP contribution in [0.15, 0.2) is 42.6 Å². The molecule has 94 valence electrons. The van der Waals surface area contributed by atoms with E-state index in [2.05, 4.69) is 10.3 Å². The van der Waals surface area contributed by atoms with Crippen molar-refractivity contribution >= 4 is 40.1 Å². The number of benzene rings is 1. The minimum Gasteiger partial charge on any atom is -0.305 e. The molecule has 2 aromatic rings. The summed E-state index contributed by atoms with van der Waals surface area (Å²) in [6.45, 7) is 0. The number of nitrogens with zero attached hydrogens (tertiary/aromatic N) is 2. The molecule has 0 saturated heterocycles. The summed E-state index contributed by atoms with van der Waals surface area (Å²) in [5.74, 6) is -0.0198. The lowest BCUT2D eigenvalue weighted by Gasteiger charge is -2.20. The Morgan fingerprint density at radius 2 is 1.89 bits per heavy atom. The molecule has 0 bridgehead atoms. The highest BCUT2D eigenvalue weighted by molar-refractivity contribution is 6.67. The topological polar surface area (TPSA) is 62.3 Å². The van der Waals surface area contributed by atoms with E-state index >= 15 is 0 Å². The van der Waals surface area contributed by atoms with Gasteiger partial charge in [-0.2, -0.15) is 0 Å². The molecule has 0 fully saturated rings. The van der Waals surface area contributed by atoms with Crippen LogP contribution in [0.5, 0.6) is 0 Å². The van der Waals surface area contributed by atoms with Gasteiger partial charge in [0, 0.05) is 6.20 Å². The minimum atomic E-state index is -0.696. The number of amides is 2. The van der Waals surface area contributed by atoms with Gasteiger partial charge in [-0.15, -0.1) is 0 Å². The fourth-order valence-electron chi connectivity index (χ4n) is 2.03. The van der Waals surface area contributed by atoms with Crippen molar-refractivity contribution in [2.45, 2.75) is 0 Å². The smallest absolute Gasteiger partial charge is 0.305 e. The largest absolute Gasteiger partial charge is 0.325 e. The van der Waals surface area contributed by atoms with Crippen LogP contribution in [0.1, 0.15) is 10.4 Å². The van der Waals surface area contributed by atoms with Crippen molar-refractivity contribution in [2.75, 3.05) is 10.2 Å². The zero-order valence-corrected chi connectivity index (χ0v) is 10.4. The average molecular weight is 274 g/mol. The molecule has 0 saturated carbocycles. The first-order chi connectivity index (χ1) is 9.18. The molecule has 0 radical (unpaired) electrons. The SMILES string of the molecule is O=C1Nc2ncccc2N(C(=O)Cl)c2ccccc21. The molecule has 5 nitrogen and oxygen atoms in total. The fourth-order valence-corrected chi connectivity index (χ4v) is 2.21. The van der Waals surface area contributed by atoms with Gasteiger partial charge >= 0.3 is 5.37 Å². The third kappa shape index (κ3) is 1.84. The van der Waals surface area contributed by atoms with E-state index in [1.54, 1.807) is 36.4 Å². The maximum atomic E-state index is 12.1. The molecule has 0 aliphatic carbocycles. The molecular formula is C13H8ClN3O2. The van der Waals surface area contributed by atoms with E-state index in [-0.39, 0.29) is 5.91 Å². The lowest BCUT2D eigenvalue weighted by Crippen LogP contribution is -2.20. The highest BCUT2D eigenvalue weighted by atomic mass is 35.5. The Morgan fingerprint density at radius 1 is 1.16 bits per heavy atom. The van der Waals surface area contributed by atoms with E-state index in [1.165, 1.54) is 11.1 Å². The number of para-hydroxylation sites is 1. The number of anilines is 3. The molecule has 6 heteroatoms. The average Bonchev–Trinajstić information content (AvgIpc) is 2.53. The molecule has 2 amide bonds. The van der Waals surface area contributed by atoms with Crippen molar-refractivity contribution in [3.8, 4) is 0 Å². The van der Waals surface area contributed by atoms with Crippen molar-refractivity contribution in [1.82, 2.24) is 4.98 Å². The second-order valence-electron chi connectivity index (χ2n) is 3.93. The molecule has 1 N–H and O–H groups in total. The summed E-state index contributed by atoms with van der Waals surface area (Å²) in [5, 5.41) is 1.96.